The molecule has 11 heteroatoms. The van der Waals surface area contributed by atoms with Crippen LogP contribution in [0.15, 0.2) is 59.5 Å². The Kier molecular flexibility index (Phi) is 11.1. The van der Waals surface area contributed by atoms with Crippen molar-refractivity contribution in [3.63, 3.8) is 0 Å². The second-order valence-corrected chi connectivity index (χ2v) is 13.6. The first-order chi connectivity index (χ1) is 19.9. The number of amides is 1. The molecule has 232 valence electrons. The quantitative estimate of drug-likeness (QED) is 0.288. The predicted molar refractivity (Wildman–Crippen MR) is 155 cm³/mol. The number of sulfonamides is 1. The zero-order chi connectivity index (χ0) is 30.3. The fourth-order valence-corrected chi connectivity index (χ4v) is 7.57. The van der Waals surface area contributed by atoms with Crippen molar-refractivity contribution in [1.29, 1.82) is 0 Å². The first-order valence-electron chi connectivity index (χ1n) is 14.8. The van der Waals surface area contributed by atoms with Gasteiger partial charge in [0.1, 0.15) is 0 Å². The van der Waals surface area contributed by atoms with Gasteiger partial charge in [0, 0.05) is 44.2 Å². The summed E-state index contributed by atoms with van der Waals surface area (Å²) in [6, 6.07) is 13.3. The van der Waals surface area contributed by atoms with Crippen LogP contribution >= 0.6 is 0 Å². The highest BCUT2D eigenvalue weighted by Gasteiger charge is 2.44. The maximum absolute atomic E-state index is 13.5. The van der Waals surface area contributed by atoms with Crippen LogP contribution in [0.3, 0.4) is 0 Å². The van der Waals surface area contributed by atoms with Crippen LogP contribution in [0, 0.1) is 5.92 Å². The van der Waals surface area contributed by atoms with Crippen molar-refractivity contribution in [1.82, 2.24) is 14.5 Å². The number of carbonyl (C=O) groups excluding carboxylic acids is 1. The van der Waals surface area contributed by atoms with E-state index >= 15 is 0 Å². The third-order valence-electron chi connectivity index (χ3n) is 7.79. The number of benzene rings is 2. The second-order valence-electron chi connectivity index (χ2n) is 11.7. The van der Waals surface area contributed by atoms with Crippen molar-refractivity contribution in [2.75, 3.05) is 26.2 Å². The van der Waals surface area contributed by atoms with E-state index in [4.69, 9.17) is 4.74 Å². The number of piperidine rings is 1. The summed E-state index contributed by atoms with van der Waals surface area (Å²) in [7, 11) is -4.12. The molecule has 0 radical (unpaired) electrons. The van der Waals surface area contributed by atoms with Gasteiger partial charge in [0.2, 0.25) is 15.9 Å². The van der Waals surface area contributed by atoms with Gasteiger partial charge in [-0.25, -0.2) is 8.42 Å². The molecule has 2 fully saturated rings. The average molecular weight is 610 g/mol. The van der Waals surface area contributed by atoms with Crippen molar-refractivity contribution in [2.45, 2.75) is 88.2 Å². The van der Waals surface area contributed by atoms with Crippen LogP contribution in [-0.4, -0.2) is 67.9 Å². The zero-order valence-corrected chi connectivity index (χ0v) is 25.2. The molecule has 1 atom stereocenters. The first kappa shape index (κ1) is 32.4. The van der Waals surface area contributed by atoms with Gasteiger partial charge >= 0.3 is 6.18 Å². The molecule has 1 saturated heterocycles. The molecular formula is C31H42F3N3O4S. The van der Waals surface area contributed by atoms with Crippen LogP contribution in [0.1, 0.15) is 63.5 Å². The lowest BCUT2D eigenvalue weighted by Gasteiger charge is -2.38. The Bertz CT molecular complexity index is 1260. The molecule has 1 saturated carbocycles. The topological polar surface area (TPSA) is 79.0 Å². The zero-order valence-electron chi connectivity index (χ0n) is 24.4. The van der Waals surface area contributed by atoms with Gasteiger partial charge in [0.25, 0.3) is 0 Å². The third-order valence-corrected chi connectivity index (χ3v) is 9.79. The van der Waals surface area contributed by atoms with Gasteiger partial charge in [-0.1, -0.05) is 50.2 Å². The number of alkyl halides is 3. The molecular weight excluding hydrogens is 567 g/mol. The lowest BCUT2D eigenvalue weighted by Crippen LogP contribution is -2.50. The molecule has 42 heavy (non-hydrogen) atoms. The summed E-state index contributed by atoms with van der Waals surface area (Å²) in [5.41, 5.74) is 0.129. The van der Waals surface area contributed by atoms with Gasteiger partial charge in [-0.3, -0.25) is 4.79 Å². The van der Waals surface area contributed by atoms with Crippen LogP contribution in [0.25, 0.3) is 0 Å². The van der Waals surface area contributed by atoms with E-state index in [0.717, 1.165) is 30.2 Å². The molecule has 4 rings (SSSR count). The maximum atomic E-state index is 13.5. The van der Waals surface area contributed by atoms with Crippen LogP contribution in [0.2, 0.25) is 0 Å². The largest absolute Gasteiger partial charge is 0.416 e. The monoisotopic (exact) mass is 609 g/mol. The Labute approximate surface area is 247 Å². The number of rotatable bonds is 14. The molecule has 1 heterocycles. The number of hydrogen-bond donors (Lipinski definition) is 1. The van der Waals surface area contributed by atoms with Crippen molar-refractivity contribution in [3.05, 3.63) is 65.7 Å². The van der Waals surface area contributed by atoms with Gasteiger partial charge < -0.3 is 15.0 Å². The van der Waals surface area contributed by atoms with E-state index in [0.29, 0.717) is 70.9 Å². The standard InChI is InChI=1S/C31H42F3N3O4S/c1-23(2)19-26(35-15-18-41-22-24-7-4-3-5-8-24)21-30(38)36-16-13-28(14-17-36)37(27-11-12-27)42(39,40)29-10-6-9-25(20-29)31(32,33)34/h3-10,20,23,26-28,35H,11-19,21-22H2,1-2H3. The van der Waals surface area contributed by atoms with Gasteiger partial charge in [-0.15, -0.1) is 0 Å². The number of carbonyl (C=O) groups is 1. The summed E-state index contributed by atoms with van der Waals surface area (Å²) in [5, 5.41) is 3.47. The van der Waals surface area contributed by atoms with E-state index in [-0.39, 0.29) is 28.9 Å². The molecule has 2 aromatic carbocycles. The van der Waals surface area contributed by atoms with Gasteiger partial charge in [0.15, 0.2) is 0 Å². The number of likely N-dealkylation sites (tertiary alicyclic amines) is 1. The average Bonchev–Trinajstić information content (AvgIpc) is 3.78. The number of hydrogen-bond acceptors (Lipinski definition) is 5. The number of nitrogens with zero attached hydrogens (tertiary/aromatic N) is 2. The summed E-state index contributed by atoms with van der Waals surface area (Å²) in [6.07, 6.45) is -1.16. The van der Waals surface area contributed by atoms with Crippen molar-refractivity contribution in [3.8, 4) is 0 Å². The Hall–Kier alpha value is -2.47. The Morgan fingerprint density at radius 1 is 1.02 bits per heavy atom. The Balaban J connectivity index is 1.30. The molecule has 2 aromatic rings. The number of nitrogens with one attached hydrogen (secondary N) is 1. The Morgan fingerprint density at radius 2 is 1.69 bits per heavy atom. The number of ether oxygens (including phenoxy) is 1. The van der Waals surface area contributed by atoms with Gasteiger partial charge in [-0.2, -0.15) is 17.5 Å². The first-order valence-corrected chi connectivity index (χ1v) is 16.2. The normalized spacial score (nSPS) is 17.6. The summed E-state index contributed by atoms with van der Waals surface area (Å²) >= 11 is 0. The minimum absolute atomic E-state index is 0.000187. The summed E-state index contributed by atoms with van der Waals surface area (Å²) in [6.45, 7) is 6.76. The highest BCUT2D eigenvalue weighted by atomic mass is 32.2. The minimum atomic E-state index is -4.63. The molecule has 0 bridgehead atoms. The number of halogens is 3. The summed E-state index contributed by atoms with van der Waals surface area (Å²) in [4.78, 5) is 14.7. The van der Waals surface area contributed by atoms with Crippen LogP contribution in [-0.2, 0) is 32.3 Å². The van der Waals surface area contributed by atoms with Gasteiger partial charge in [0.05, 0.1) is 23.7 Å². The molecule has 2 aliphatic rings. The molecule has 1 unspecified atom stereocenters. The third kappa shape index (κ3) is 9.02. The van der Waals surface area contributed by atoms with E-state index in [1.54, 1.807) is 4.90 Å². The molecule has 0 spiro atoms. The maximum Gasteiger partial charge on any atom is 0.416 e. The smallest absolute Gasteiger partial charge is 0.375 e. The van der Waals surface area contributed by atoms with Crippen LogP contribution in [0.5, 0.6) is 0 Å². The van der Waals surface area contributed by atoms with E-state index in [1.807, 2.05) is 30.3 Å². The summed E-state index contributed by atoms with van der Waals surface area (Å²) in [5.74, 6) is 0.426. The SMILES string of the molecule is CC(C)CC(CC(=O)N1CCC(N(C2CC2)S(=O)(=O)c2cccc(C(F)(F)F)c2)CC1)NCCOCc1ccccc1. The Morgan fingerprint density at radius 3 is 2.31 bits per heavy atom. The van der Waals surface area contributed by atoms with Crippen molar-refractivity contribution >= 4 is 15.9 Å². The predicted octanol–water partition coefficient (Wildman–Crippen LogP) is 5.46. The fraction of sp³-hybridized carbons (Fsp3) is 0.581. The lowest BCUT2D eigenvalue weighted by atomic mass is 9.99. The van der Waals surface area contributed by atoms with E-state index in [9.17, 15) is 26.4 Å². The molecule has 7 nitrogen and oxygen atoms in total. The molecule has 1 aliphatic carbocycles. The van der Waals surface area contributed by atoms with Crippen molar-refractivity contribution < 1.29 is 31.1 Å². The highest BCUT2D eigenvalue weighted by molar-refractivity contribution is 7.89. The second kappa shape index (κ2) is 14.3. The molecule has 1 N–H and O–H groups in total. The fourth-order valence-electron chi connectivity index (χ4n) is 5.59. The minimum Gasteiger partial charge on any atom is -0.375 e. The summed E-state index contributed by atoms with van der Waals surface area (Å²) < 4.78 is 74.1. The molecule has 0 aromatic heterocycles. The van der Waals surface area contributed by atoms with E-state index in [1.165, 1.54) is 10.4 Å². The van der Waals surface area contributed by atoms with Crippen LogP contribution < -0.4 is 5.32 Å². The molecule has 1 amide bonds. The van der Waals surface area contributed by atoms with E-state index in [2.05, 4.69) is 19.2 Å². The lowest BCUT2D eigenvalue weighted by molar-refractivity contribution is -0.137. The highest BCUT2D eigenvalue weighted by Crippen LogP contribution is 2.38. The van der Waals surface area contributed by atoms with E-state index < -0.39 is 21.8 Å². The van der Waals surface area contributed by atoms with Crippen molar-refractivity contribution in [2.24, 2.45) is 5.92 Å². The van der Waals surface area contributed by atoms with Crippen LogP contribution in [0.4, 0.5) is 13.2 Å². The molecule has 1 aliphatic heterocycles. The van der Waals surface area contributed by atoms with Gasteiger partial charge in [-0.05, 0) is 61.8 Å².